The first-order valence-electron chi connectivity index (χ1n) is 1.22. The largest absolute Gasteiger partial charge is 0.147 e. The van der Waals surface area contributed by atoms with Gasteiger partial charge >= 0.3 is 0 Å². The normalized spacial score (nSPS) is 4.80. The Kier molecular flexibility index (Phi) is 16.1. The standard InChI is InChI=1S/C3H5.Al.ClH/c1-3-2;;/h3H,1-2H2;;1H. The van der Waals surface area contributed by atoms with E-state index in [9.17, 15) is 0 Å². The molecule has 0 N–H and O–H groups in total. The summed E-state index contributed by atoms with van der Waals surface area (Å²) in [4.78, 5) is 0. The molecule has 0 heterocycles. The molecule has 0 spiro atoms. The van der Waals surface area contributed by atoms with Crippen molar-refractivity contribution in [2.75, 3.05) is 0 Å². The van der Waals surface area contributed by atoms with Crippen LogP contribution in [0.4, 0.5) is 0 Å². The maximum Gasteiger partial charge on any atom is 0.124 e. The molecule has 0 saturated carbocycles. The van der Waals surface area contributed by atoms with Crippen molar-refractivity contribution in [3.8, 4) is 0 Å². The zero-order chi connectivity index (χ0) is 3.41. The molecule has 2 radical (unpaired) electrons. The number of halogens is 1. The lowest BCUT2D eigenvalue weighted by Crippen LogP contribution is -1.47. The molecule has 28 valence electrons. The van der Waals surface area contributed by atoms with Gasteiger partial charge in [-0.3, -0.25) is 0 Å². The molecule has 0 bridgehead atoms. The number of allylic oxidation sites excluding steroid dienone is 1. The zero-order valence-electron chi connectivity index (χ0n) is 2.98. The van der Waals surface area contributed by atoms with Gasteiger partial charge in [0.15, 0.2) is 0 Å². The van der Waals surface area contributed by atoms with Gasteiger partial charge in [-0.2, -0.15) is 0 Å². The Morgan fingerprint density at radius 1 is 1.80 bits per heavy atom. The second-order valence-corrected chi connectivity index (χ2v) is 0.996. The van der Waals surface area contributed by atoms with Gasteiger partial charge < -0.3 is 0 Å². The van der Waals surface area contributed by atoms with Crippen LogP contribution in [0.15, 0.2) is 12.7 Å². The number of hydrogen-bond acceptors (Lipinski definition) is 0. The van der Waals surface area contributed by atoms with Crippen LogP contribution in [0, 0.1) is 0 Å². The predicted octanol–water partition coefficient (Wildman–Crippen LogP) is 1.18. The molecule has 0 nitrogen and oxygen atoms in total. The highest BCUT2D eigenvalue weighted by atomic mass is 35.5. The fourth-order valence-corrected chi connectivity index (χ4v) is 0. The molecule has 0 unspecified atom stereocenters. The minimum Gasteiger partial charge on any atom is -0.147 e. The second-order valence-electron chi connectivity index (χ2n) is 0.524. The molecule has 0 aromatic rings. The summed E-state index contributed by atoms with van der Waals surface area (Å²) >= 11 is 2.54. The van der Waals surface area contributed by atoms with Gasteiger partial charge in [0.05, 0.1) is 0 Å². The van der Waals surface area contributed by atoms with Crippen molar-refractivity contribution in [3.05, 3.63) is 12.7 Å². The van der Waals surface area contributed by atoms with E-state index in [-0.39, 0.29) is 12.4 Å². The van der Waals surface area contributed by atoms with Gasteiger partial charge in [0.1, 0.15) is 16.3 Å². The molecule has 0 atom stereocenters. The van der Waals surface area contributed by atoms with Crippen molar-refractivity contribution in [1.29, 1.82) is 0 Å². The summed E-state index contributed by atoms with van der Waals surface area (Å²) in [6.45, 7) is 3.46. The number of hydrogen-bond donors (Lipinski definition) is 0. The van der Waals surface area contributed by atoms with E-state index < -0.39 is 0 Å². The van der Waals surface area contributed by atoms with E-state index in [0.29, 0.717) is 0 Å². The van der Waals surface area contributed by atoms with Gasteiger partial charge in [-0.05, 0) is 0 Å². The highest BCUT2D eigenvalue weighted by Gasteiger charge is 1.46. The van der Waals surface area contributed by atoms with E-state index in [1.54, 1.807) is 0 Å². The van der Waals surface area contributed by atoms with Crippen LogP contribution in [-0.2, 0) is 0 Å². The lowest BCUT2D eigenvalue weighted by Gasteiger charge is -1.58. The van der Waals surface area contributed by atoms with Gasteiger partial charge in [0, 0.05) is 0 Å². The Morgan fingerprint density at radius 2 is 2.00 bits per heavy atom. The second kappa shape index (κ2) is 8.82. The fourth-order valence-electron chi connectivity index (χ4n) is 0. The Balaban J connectivity index is 0. The summed E-state index contributed by atoms with van der Waals surface area (Å²) in [6.07, 6.45) is 1.84. The van der Waals surface area contributed by atoms with E-state index in [1.807, 2.05) is 6.08 Å². The van der Waals surface area contributed by atoms with E-state index >= 15 is 0 Å². The topological polar surface area (TPSA) is 0 Å². The van der Waals surface area contributed by atoms with Crippen LogP contribution in [0.25, 0.3) is 0 Å². The molecular formula is C3H6AlCl. The Labute approximate surface area is 47.1 Å². The van der Waals surface area contributed by atoms with Crippen LogP contribution >= 0.6 is 12.4 Å². The average Bonchev–Trinajstić information content (AvgIpc) is 1.37. The van der Waals surface area contributed by atoms with Gasteiger partial charge in [-0.25, -0.2) is 0 Å². The van der Waals surface area contributed by atoms with Crippen molar-refractivity contribution in [3.63, 3.8) is 0 Å². The molecule has 0 aliphatic heterocycles. The molecule has 0 aliphatic rings. The molecule has 0 fully saturated rings. The van der Waals surface area contributed by atoms with Crippen LogP contribution in [0.2, 0.25) is 5.28 Å². The highest BCUT2D eigenvalue weighted by Crippen LogP contribution is 1.61. The first-order valence-corrected chi connectivity index (χ1v) is 2.04. The number of rotatable bonds is 1. The molecule has 0 rings (SSSR count). The fraction of sp³-hybridized carbons (Fsp3) is 0.333. The third-order valence-corrected chi connectivity index (χ3v) is 0.500. The maximum absolute atomic E-state index is 3.46. The summed E-state index contributed by atoms with van der Waals surface area (Å²) in [6, 6.07) is 0. The van der Waals surface area contributed by atoms with E-state index in [4.69, 9.17) is 0 Å². The highest BCUT2D eigenvalue weighted by molar-refractivity contribution is 6.09. The van der Waals surface area contributed by atoms with Crippen molar-refractivity contribution < 1.29 is 0 Å². The SMILES string of the molecule is C=C[CH2][Al].Cl. The minimum atomic E-state index is 0. The average molecular weight is 105 g/mol. The molecule has 0 aromatic heterocycles. The zero-order valence-corrected chi connectivity index (χ0v) is 4.95. The Morgan fingerprint density at radius 3 is 2.00 bits per heavy atom. The van der Waals surface area contributed by atoms with E-state index in [0.717, 1.165) is 5.28 Å². The Bertz CT molecular complexity index is 20.9. The molecule has 0 amide bonds. The van der Waals surface area contributed by atoms with Gasteiger partial charge in [-0.15, -0.1) is 30.3 Å². The maximum atomic E-state index is 3.46. The third-order valence-electron chi connectivity index (χ3n) is 0.167. The lowest BCUT2D eigenvalue weighted by atomic mass is 10.8. The first kappa shape index (κ1) is 9.12. The summed E-state index contributed by atoms with van der Waals surface area (Å²) in [7, 11) is 0. The monoisotopic (exact) mass is 104 g/mol. The van der Waals surface area contributed by atoms with Crippen LogP contribution < -0.4 is 0 Å². The van der Waals surface area contributed by atoms with Crippen LogP contribution in [0.3, 0.4) is 0 Å². The molecule has 2 heteroatoms. The first-order chi connectivity index (χ1) is 1.91. The van der Waals surface area contributed by atoms with E-state index in [1.165, 1.54) is 0 Å². The summed E-state index contributed by atoms with van der Waals surface area (Å²) in [5.74, 6) is 0. The quantitative estimate of drug-likeness (QED) is 0.346. The van der Waals surface area contributed by atoms with Crippen molar-refractivity contribution in [1.82, 2.24) is 0 Å². The van der Waals surface area contributed by atoms with Crippen molar-refractivity contribution in [2.24, 2.45) is 0 Å². The van der Waals surface area contributed by atoms with Crippen LogP contribution in [-0.4, -0.2) is 16.3 Å². The summed E-state index contributed by atoms with van der Waals surface area (Å²) in [5, 5.41) is 1.00. The van der Waals surface area contributed by atoms with E-state index in [2.05, 4.69) is 22.9 Å². The molecule has 0 aliphatic carbocycles. The summed E-state index contributed by atoms with van der Waals surface area (Å²) in [5.41, 5.74) is 0. The lowest BCUT2D eigenvalue weighted by molar-refractivity contribution is 1.76. The van der Waals surface area contributed by atoms with Gasteiger partial charge in [0.25, 0.3) is 0 Å². The predicted molar refractivity (Wildman–Crippen MR) is 28.0 cm³/mol. The smallest absolute Gasteiger partial charge is 0.124 e. The molecule has 5 heavy (non-hydrogen) atoms. The minimum absolute atomic E-state index is 0. The van der Waals surface area contributed by atoms with Gasteiger partial charge in [-0.1, -0.05) is 0 Å². The van der Waals surface area contributed by atoms with Gasteiger partial charge in [0.2, 0.25) is 0 Å². The van der Waals surface area contributed by atoms with Crippen LogP contribution in [0.1, 0.15) is 0 Å². The van der Waals surface area contributed by atoms with Crippen molar-refractivity contribution >= 4 is 28.7 Å². The third kappa shape index (κ3) is 12.3. The molecular weight excluding hydrogens is 98.5 g/mol. The van der Waals surface area contributed by atoms with Crippen LogP contribution in [0.5, 0.6) is 0 Å². The molecule has 0 saturated heterocycles. The summed E-state index contributed by atoms with van der Waals surface area (Å²) < 4.78 is 0. The molecule has 0 aromatic carbocycles. The Hall–Kier alpha value is 0.562. The van der Waals surface area contributed by atoms with Crippen molar-refractivity contribution in [2.45, 2.75) is 5.28 Å².